The zero-order valence-electron chi connectivity index (χ0n) is 17.5. The van der Waals surface area contributed by atoms with Gasteiger partial charge in [-0.1, -0.05) is 42.5 Å². The molecule has 1 unspecified atom stereocenters. The van der Waals surface area contributed by atoms with E-state index in [2.05, 4.69) is 15.8 Å². The summed E-state index contributed by atoms with van der Waals surface area (Å²) in [4.78, 5) is 23.3. The summed E-state index contributed by atoms with van der Waals surface area (Å²) in [5.74, 6) is -0.787. The Labute approximate surface area is 185 Å². The van der Waals surface area contributed by atoms with Crippen molar-refractivity contribution >= 4 is 24.2 Å². The quantitative estimate of drug-likeness (QED) is 0.192. The highest BCUT2D eigenvalue weighted by Gasteiger charge is 2.20. The number of carboxylic acid groups (broad SMARTS) is 1. The van der Waals surface area contributed by atoms with E-state index in [9.17, 15) is 14.7 Å². The third kappa shape index (κ3) is 9.61. The Balaban J connectivity index is 1.71. The number of amides is 1. The zero-order valence-corrected chi connectivity index (χ0v) is 17.5. The van der Waals surface area contributed by atoms with Crippen LogP contribution in [0.2, 0.25) is 0 Å². The number of carbonyl (C=O) groups excluding carboxylic acids is 1. The number of hydrazone groups is 1. The molecule has 0 bridgehead atoms. The number of carbonyl (C=O) groups is 2. The molecule has 1 atom stereocenters. The molecule has 32 heavy (non-hydrogen) atoms. The van der Waals surface area contributed by atoms with E-state index in [1.807, 2.05) is 30.3 Å². The van der Waals surface area contributed by atoms with Gasteiger partial charge in [0.15, 0.2) is 0 Å². The second-order valence-corrected chi connectivity index (χ2v) is 6.75. The minimum Gasteiger partial charge on any atom is -0.494 e. The van der Waals surface area contributed by atoms with Gasteiger partial charge in [0.1, 0.15) is 18.4 Å². The van der Waals surface area contributed by atoms with E-state index in [1.165, 1.54) is 0 Å². The number of aliphatic carboxylic acids is 1. The first-order valence-electron chi connectivity index (χ1n) is 9.97. The first-order valence-corrected chi connectivity index (χ1v) is 9.97. The molecule has 0 radical (unpaired) electrons. The smallest absolute Gasteiger partial charge is 0.408 e. The van der Waals surface area contributed by atoms with Crippen LogP contribution >= 0.6 is 0 Å². The highest BCUT2D eigenvalue weighted by Crippen LogP contribution is 2.14. The van der Waals surface area contributed by atoms with Crippen LogP contribution < -0.4 is 21.2 Å². The Kier molecular flexibility index (Phi) is 10.0. The van der Waals surface area contributed by atoms with E-state index in [1.54, 1.807) is 30.5 Å². The fourth-order valence-corrected chi connectivity index (χ4v) is 2.62. The molecular weight excluding hydrogens is 414 g/mol. The van der Waals surface area contributed by atoms with Crippen LogP contribution in [0.15, 0.2) is 59.7 Å². The fraction of sp³-hybridized carbons (Fsp3) is 0.273. The molecule has 0 spiro atoms. The molecular formula is C22H27N5O5. The minimum absolute atomic E-state index is 0.0565. The first-order chi connectivity index (χ1) is 15.4. The van der Waals surface area contributed by atoms with Gasteiger partial charge in [0, 0.05) is 12.6 Å². The summed E-state index contributed by atoms with van der Waals surface area (Å²) >= 11 is 0. The van der Waals surface area contributed by atoms with Crippen LogP contribution in [0.4, 0.5) is 4.79 Å². The number of alkyl carbamates (subject to hydrolysis) is 1. The molecule has 0 aliphatic heterocycles. The third-order valence-electron chi connectivity index (χ3n) is 4.24. The van der Waals surface area contributed by atoms with E-state index in [-0.39, 0.29) is 25.6 Å². The number of guanidine groups is 1. The molecule has 0 fully saturated rings. The summed E-state index contributed by atoms with van der Waals surface area (Å²) in [6, 6.07) is 15.4. The Morgan fingerprint density at radius 2 is 1.84 bits per heavy atom. The summed E-state index contributed by atoms with van der Waals surface area (Å²) in [6.45, 7) is 0.166. The van der Waals surface area contributed by atoms with Gasteiger partial charge in [-0.25, -0.2) is 15.0 Å². The summed E-state index contributed by atoms with van der Waals surface area (Å²) in [6.07, 6.45) is 2.34. The van der Waals surface area contributed by atoms with E-state index >= 15 is 0 Å². The maximum Gasteiger partial charge on any atom is 0.408 e. The van der Waals surface area contributed by atoms with Crippen molar-refractivity contribution in [3.63, 3.8) is 0 Å². The number of hydrogen-bond acceptors (Lipinski definition) is 6. The monoisotopic (exact) mass is 441 g/mol. The highest BCUT2D eigenvalue weighted by atomic mass is 16.5. The topological polar surface area (TPSA) is 159 Å². The number of nitrogens with two attached hydrogens (primary N) is 1. The standard InChI is InChI=1S/C22H27N5O5/c23-21(24)27-25-13-4-7-16-8-10-18(11-9-16)31-14-12-19(20(28)29)26-22(30)32-15-17-5-2-1-3-6-17/h1-3,5-6,8-11,13,19H,4,7,12,14-15H2,(H,26,30)(H,28,29)(H4,23,24,27)/b25-13+. The molecule has 0 heterocycles. The number of nitrogens with one attached hydrogen (secondary N) is 3. The van der Waals surface area contributed by atoms with Crippen molar-refractivity contribution in [1.82, 2.24) is 10.7 Å². The summed E-state index contributed by atoms with van der Waals surface area (Å²) in [5, 5.41) is 22.4. The first kappa shape index (κ1) is 24.2. The van der Waals surface area contributed by atoms with Gasteiger partial charge >= 0.3 is 12.1 Å². The number of nitrogens with zero attached hydrogens (tertiary/aromatic N) is 1. The number of carboxylic acids is 1. The molecule has 1 amide bonds. The largest absolute Gasteiger partial charge is 0.494 e. The second kappa shape index (κ2) is 13.3. The molecule has 2 rings (SSSR count). The predicted octanol–water partition coefficient (Wildman–Crippen LogP) is 2.24. The van der Waals surface area contributed by atoms with Crippen LogP contribution in [-0.4, -0.2) is 42.0 Å². The number of ether oxygens (including phenoxy) is 2. The molecule has 10 nitrogen and oxygen atoms in total. The van der Waals surface area contributed by atoms with Crippen molar-refractivity contribution in [2.24, 2.45) is 10.8 Å². The van der Waals surface area contributed by atoms with Crippen molar-refractivity contribution in [1.29, 1.82) is 5.41 Å². The predicted molar refractivity (Wildman–Crippen MR) is 120 cm³/mol. The van der Waals surface area contributed by atoms with Gasteiger partial charge in [0.05, 0.1) is 6.61 Å². The van der Waals surface area contributed by atoms with E-state index < -0.39 is 18.1 Å². The van der Waals surface area contributed by atoms with E-state index in [0.29, 0.717) is 12.2 Å². The molecule has 10 heteroatoms. The lowest BCUT2D eigenvalue weighted by atomic mass is 10.1. The van der Waals surface area contributed by atoms with Gasteiger partial charge in [-0.2, -0.15) is 5.10 Å². The minimum atomic E-state index is -1.17. The van der Waals surface area contributed by atoms with Gasteiger partial charge in [-0.05, 0) is 36.1 Å². The van der Waals surface area contributed by atoms with Crippen molar-refractivity contribution in [2.75, 3.05) is 6.61 Å². The average Bonchev–Trinajstić information content (AvgIpc) is 2.78. The van der Waals surface area contributed by atoms with Crippen LogP contribution in [0.1, 0.15) is 24.0 Å². The van der Waals surface area contributed by atoms with E-state index in [4.69, 9.17) is 20.6 Å². The maximum absolute atomic E-state index is 11.9. The number of aryl methyl sites for hydroxylation is 1. The number of rotatable bonds is 12. The number of hydrogen-bond donors (Lipinski definition) is 5. The van der Waals surface area contributed by atoms with Crippen molar-refractivity contribution < 1.29 is 24.2 Å². The summed E-state index contributed by atoms with van der Waals surface area (Å²) in [5.41, 5.74) is 9.34. The Bertz CT molecular complexity index is 903. The lowest BCUT2D eigenvalue weighted by Gasteiger charge is -2.15. The van der Waals surface area contributed by atoms with Crippen molar-refractivity contribution in [3.8, 4) is 5.75 Å². The van der Waals surface area contributed by atoms with Gasteiger partial charge in [0.25, 0.3) is 0 Å². The highest BCUT2D eigenvalue weighted by molar-refractivity contribution is 5.79. The second-order valence-electron chi connectivity index (χ2n) is 6.75. The fourth-order valence-electron chi connectivity index (χ4n) is 2.62. The van der Waals surface area contributed by atoms with E-state index in [0.717, 1.165) is 17.5 Å². The van der Waals surface area contributed by atoms with Crippen molar-refractivity contribution in [2.45, 2.75) is 31.9 Å². The van der Waals surface area contributed by atoms with Crippen LogP contribution in [0.25, 0.3) is 0 Å². The van der Waals surface area contributed by atoms with Crippen LogP contribution in [-0.2, 0) is 22.6 Å². The van der Waals surface area contributed by atoms with Gasteiger partial charge in [-0.3, -0.25) is 5.41 Å². The summed E-state index contributed by atoms with van der Waals surface area (Å²) < 4.78 is 10.7. The molecule has 2 aromatic carbocycles. The lowest BCUT2D eigenvalue weighted by Crippen LogP contribution is -2.42. The SMILES string of the molecule is N=C(N)N/N=C/CCc1ccc(OCCC(NC(=O)OCc2ccccc2)C(=O)O)cc1. The molecule has 0 saturated heterocycles. The van der Waals surface area contributed by atoms with Gasteiger partial charge in [-0.15, -0.1) is 0 Å². The maximum atomic E-state index is 11.9. The summed E-state index contributed by atoms with van der Waals surface area (Å²) in [7, 11) is 0. The number of benzene rings is 2. The molecule has 170 valence electrons. The van der Waals surface area contributed by atoms with Crippen LogP contribution in [0.5, 0.6) is 5.75 Å². The molecule has 2 aromatic rings. The molecule has 0 aliphatic rings. The Morgan fingerprint density at radius 1 is 1.12 bits per heavy atom. The van der Waals surface area contributed by atoms with Crippen LogP contribution in [0.3, 0.4) is 0 Å². The van der Waals surface area contributed by atoms with Gasteiger partial charge in [0.2, 0.25) is 5.96 Å². The van der Waals surface area contributed by atoms with Crippen LogP contribution in [0, 0.1) is 5.41 Å². The Morgan fingerprint density at radius 3 is 2.50 bits per heavy atom. The zero-order chi connectivity index (χ0) is 23.2. The molecule has 0 saturated carbocycles. The van der Waals surface area contributed by atoms with Gasteiger partial charge < -0.3 is 25.6 Å². The average molecular weight is 441 g/mol. The molecule has 6 N–H and O–H groups in total. The molecule has 0 aromatic heterocycles. The normalized spacial score (nSPS) is 11.5. The Hall–Kier alpha value is -4.08. The molecule has 0 aliphatic carbocycles. The lowest BCUT2D eigenvalue weighted by molar-refractivity contribution is -0.139. The van der Waals surface area contributed by atoms with Crippen molar-refractivity contribution in [3.05, 3.63) is 65.7 Å². The third-order valence-corrected chi connectivity index (χ3v) is 4.24.